The average Bonchev–Trinajstić information content (AvgIpc) is 2.92. The second kappa shape index (κ2) is 3.91. The van der Waals surface area contributed by atoms with Gasteiger partial charge in [-0.2, -0.15) is 0 Å². The number of hydrogen-bond acceptors (Lipinski definition) is 7. The van der Waals surface area contributed by atoms with Crippen LogP contribution in [-0.2, 0) is 9.53 Å². The zero-order valence-electron chi connectivity index (χ0n) is 10.9. The standard InChI is InChI=1S/C14H10O7/c1-18-7-4-8-11(5-2-9(16)21-14(5)19-8)13-12(7)6(15)3-10(17)20-13/h3-5,14-15H,2H2,1H3. The van der Waals surface area contributed by atoms with E-state index >= 15 is 0 Å². The molecule has 1 aromatic heterocycles. The smallest absolute Gasteiger partial charge is 0.339 e. The number of methoxy groups -OCH3 is 1. The van der Waals surface area contributed by atoms with E-state index in [1.54, 1.807) is 6.07 Å². The summed E-state index contributed by atoms with van der Waals surface area (Å²) < 4.78 is 21.1. The molecule has 108 valence electrons. The minimum Gasteiger partial charge on any atom is -0.507 e. The molecular weight excluding hydrogens is 280 g/mol. The van der Waals surface area contributed by atoms with Crippen LogP contribution >= 0.6 is 0 Å². The Balaban J connectivity index is 2.09. The molecule has 0 radical (unpaired) electrons. The summed E-state index contributed by atoms with van der Waals surface area (Å²) in [5, 5.41) is 10.3. The van der Waals surface area contributed by atoms with E-state index in [9.17, 15) is 14.7 Å². The van der Waals surface area contributed by atoms with Gasteiger partial charge in [-0.05, 0) is 0 Å². The van der Waals surface area contributed by atoms with Crippen molar-refractivity contribution in [1.29, 1.82) is 0 Å². The van der Waals surface area contributed by atoms with E-state index in [-0.39, 0.29) is 35.0 Å². The fourth-order valence-corrected chi connectivity index (χ4v) is 2.90. The summed E-state index contributed by atoms with van der Waals surface area (Å²) in [5.41, 5.74) is 0.0268. The van der Waals surface area contributed by atoms with E-state index in [4.69, 9.17) is 18.6 Å². The monoisotopic (exact) mass is 290 g/mol. The van der Waals surface area contributed by atoms with Crippen LogP contribution in [0.4, 0.5) is 0 Å². The van der Waals surface area contributed by atoms with Crippen molar-refractivity contribution in [1.82, 2.24) is 0 Å². The Hall–Kier alpha value is -2.70. The van der Waals surface area contributed by atoms with Crippen molar-refractivity contribution < 1.29 is 28.5 Å². The van der Waals surface area contributed by atoms with Crippen molar-refractivity contribution in [2.24, 2.45) is 0 Å². The summed E-state index contributed by atoms with van der Waals surface area (Å²) in [7, 11) is 1.43. The lowest BCUT2D eigenvalue weighted by molar-refractivity contribution is -0.150. The van der Waals surface area contributed by atoms with Crippen LogP contribution in [0.5, 0.6) is 17.2 Å². The van der Waals surface area contributed by atoms with Gasteiger partial charge >= 0.3 is 11.6 Å². The minimum atomic E-state index is -0.726. The second-order valence-electron chi connectivity index (χ2n) is 4.93. The number of carbonyl (C=O) groups is 1. The third-order valence-corrected chi connectivity index (χ3v) is 3.76. The van der Waals surface area contributed by atoms with Gasteiger partial charge < -0.3 is 23.7 Å². The highest BCUT2D eigenvalue weighted by molar-refractivity contribution is 5.94. The van der Waals surface area contributed by atoms with E-state index in [0.717, 1.165) is 6.07 Å². The Bertz CT molecular complexity index is 835. The number of fused-ring (bicyclic) bond motifs is 5. The SMILES string of the molecule is COc1cc2c(c3oc(=O)cc(O)c13)C1CC(=O)OC1O2. The Labute approximate surface area is 117 Å². The molecular formula is C14H10O7. The lowest BCUT2D eigenvalue weighted by Gasteiger charge is -2.10. The highest BCUT2D eigenvalue weighted by Gasteiger charge is 2.46. The first kappa shape index (κ1) is 12.1. The van der Waals surface area contributed by atoms with Gasteiger partial charge in [0.1, 0.15) is 22.6 Å². The number of aromatic hydroxyl groups is 1. The molecule has 2 aliphatic rings. The lowest BCUT2D eigenvalue weighted by atomic mass is 9.95. The van der Waals surface area contributed by atoms with Crippen molar-refractivity contribution in [3.63, 3.8) is 0 Å². The highest BCUT2D eigenvalue weighted by atomic mass is 16.7. The first-order valence-corrected chi connectivity index (χ1v) is 6.32. The molecule has 1 N–H and O–H groups in total. The summed E-state index contributed by atoms with van der Waals surface area (Å²) in [5.74, 6) is -0.227. The minimum absolute atomic E-state index is 0.137. The molecule has 7 heteroatoms. The van der Waals surface area contributed by atoms with Gasteiger partial charge in [0.15, 0.2) is 5.58 Å². The molecule has 1 fully saturated rings. The summed E-state index contributed by atoms with van der Waals surface area (Å²) in [6, 6.07) is 2.56. The molecule has 2 unspecified atom stereocenters. The third kappa shape index (κ3) is 1.54. The van der Waals surface area contributed by atoms with Gasteiger partial charge in [-0.3, -0.25) is 4.79 Å². The number of carbonyl (C=O) groups excluding carboxylic acids is 1. The normalized spacial score (nSPS) is 22.6. The van der Waals surface area contributed by atoms with Gasteiger partial charge in [-0.25, -0.2) is 4.79 Å². The van der Waals surface area contributed by atoms with Gasteiger partial charge in [-0.15, -0.1) is 0 Å². The fraction of sp³-hybridized carbons (Fsp3) is 0.286. The third-order valence-electron chi connectivity index (χ3n) is 3.76. The quantitative estimate of drug-likeness (QED) is 0.624. The molecule has 1 saturated heterocycles. The van der Waals surface area contributed by atoms with E-state index in [2.05, 4.69) is 0 Å². The van der Waals surface area contributed by atoms with Crippen molar-refractivity contribution in [2.45, 2.75) is 18.6 Å². The zero-order chi connectivity index (χ0) is 14.7. The predicted molar refractivity (Wildman–Crippen MR) is 68.6 cm³/mol. The second-order valence-corrected chi connectivity index (χ2v) is 4.93. The first-order valence-electron chi connectivity index (χ1n) is 6.32. The van der Waals surface area contributed by atoms with Crippen LogP contribution in [0.2, 0.25) is 0 Å². The molecule has 0 aliphatic carbocycles. The molecule has 0 amide bonds. The van der Waals surface area contributed by atoms with Gasteiger partial charge in [0.2, 0.25) is 0 Å². The molecule has 2 atom stereocenters. The fourth-order valence-electron chi connectivity index (χ4n) is 2.90. The molecule has 0 saturated carbocycles. The summed E-state index contributed by atoms with van der Waals surface area (Å²) in [6.45, 7) is 0. The maximum atomic E-state index is 11.6. The number of benzene rings is 1. The van der Waals surface area contributed by atoms with E-state index < -0.39 is 11.9 Å². The van der Waals surface area contributed by atoms with Crippen molar-refractivity contribution in [3.8, 4) is 17.2 Å². The maximum absolute atomic E-state index is 11.6. The van der Waals surface area contributed by atoms with Crippen molar-refractivity contribution >= 4 is 16.9 Å². The molecule has 21 heavy (non-hydrogen) atoms. The molecule has 2 aromatic rings. The van der Waals surface area contributed by atoms with Crippen LogP contribution in [0.15, 0.2) is 21.3 Å². The highest BCUT2D eigenvalue weighted by Crippen LogP contribution is 2.51. The van der Waals surface area contributed by atoms with E-state index in [1.165, 1.54) is 7.11 Å². The van der Waals surface area contributed by atoms with Crippen molar-refractivity contribution in [2.75, 3.05) is 7.11 Å². The van der Waals surface area contributed by atoms with Gasteiger partial charge in [-0.1, -0.05) is 0 Å². The average molecular weight is 290 g/mol. The topological polar surface area (TPSA) is 95.2 Å². The summed E-state index contributed by atoms with van der Waals surface area (Å²) >= 11 is 0. The Morgan fingerprint density at radius 1 is 1.29 bits per heavy atom. The van der Waals surface area contributed by atoms with Crippen LogP contribution in [-0.4, -0.2) is 24.5 Å². The molecule has 0 bridgehead atoms. The maximum Gasteiger partial charge on any atom is 0.339 e. The van der Waals surface area contributed by atoms with Crippen LogP contribution in [0.25, 0.3) is 11.0 Å². The molecule has 1 aromatic carbocycles. The first-order chi connectivity index (χ1) is 10.1. The van der Waals surface area contributed by atoms with Crippen LogP contribution in [0.1, 0.15) is 17.9 Å². The van der Waals surface area contributed by atoms with Gasteiger partial charge in [0.05, 0.1) is 25.5 Å². The van der Waals surface area contributed by atoms with Crippen LogP contribution < -0.4 is 15.1 Å². The molecule has 3 heterocycles. The van der Waals surface area contributed by atoms with E-state index in [1.807, 2.05) is 0 Å². The molecule has 2 aliphatic heterocycles. The largest absolute Gasteiger partial charge is 0.507 e. The molecule has 0 spiro atoms. The van der Waals surface area contributed by atoms with Gasteiger partial charge in [0, 0.05) is 11.6 Å². The van der Waals surface area contributed by atoms with E-state index in [0.29, 0.717) is 17.1 Å². The Morgan fingerprint density at radius 2 is 2.10 bits per heavy atom. The number of hydrogen-bond donors (Lipinski definition) is 1. The van der Waals surface area contributed by atoms with Crippen LogP contribution in [0, 0.1) is 0 Å². The zero-order valence-corrected chi connectivity index (χ0v) is 10.9. The molecule has 7 nitrogen and oxygen atoms in total. The number of rotatable bonds is 1. The predicted octanol–water partition coefficient (Wildman–Crippen LogP) is 1.26. The van der Waals surface area contributed by atoms with Crippen LogP contribution in [0.3, 0.4) is 0 Å². The molecule has 4 rings (SSSR count). The number of ether oxygens (including phenoxy) is 3. The lowest BCUT2D eigenvalue weighted by Crippen LogP contribution is -2.14. The Morgan fingerprint density at radius 3 is 2.86 bits per heavy atom. The summed E-state index contributed by atoms with van der Waals surface area (Å²) in [4.78, 5) is 22.9. The van der Waals surface area contributed by atoms with Gasteiger partial charge in [0.25, 0.3) is 6.29 Å². The number of esters is 1. The van der Waals surface area contributed by atoms with Crippen molar-refractivity contribution in [3.05, 3.63) is 28.1 Å². The Kier molecular flexibility index (Phi) is 2.25. The summed E-state index contributed by atoms with van der Waals surface area (Å²) in [6.07, 6.45) is -0.589.